The van der Waals surface area contributed by atoms with E-state index in [4.69, 9.17) is 4.74 Å². The minimum atomic E-state index is -3.93. The number of benzene rings is 2. The highest BCUT2D eigenvalue weighted by molar-refractivity contribution is 7.92. The van der Waals surface area contributed by atoms with Crippen LogP contribution in [0.25, 0.3) is 0 Å². The number of halogens is 1. The van der Waals surface area contributed by atoms with Gasteiger partial charge in [0.1, 0.15) is 11.6 Å². The number of ether oxygens (including phenoxy) is 1. The highest BCUT2D eigenvalue weighted by Gasteiger charge is 2.39. The van der Waals surface area contributed by atoms with Crippen LogP contribution in [0.15, 0.2) is 47.4 Å². The molecular formula is C18H19FN2O4S. The first kappa shape index (κ1) is 18.2. The lowest BCUT2D eigenvalue weighted by Gasteiger charge is -2.14. The van der Waals surface area contributed by atoms with Gasteiger partial charge in [0, 0.05) is 11.6 Å². The zero-order valence-electron chi connectivity index (χ0n) is 14.3. The standard InChI is InChI=1S/C18H19FN2O4S/c1-11-9-15(11)18(22)20-13-5-8-17(25-2)16(10-13)21-26(23,24)14-6-3-12(19)4-7-14/h3-8,10-11,15,21H,9H2,1-2H3,(H,20,22). The predicted molar refractivity (Wildman–Crippen MR) is 96.1 cm³/mol. The van der Waals surface area contributed by atoms with Crippen LogP contribution in [-0.2, 0) is 14.8 Å². The zero-order chi connectivity index (χ0) is 18.9. The number of hydrogen-bond donors (Lipinski definition) is 2. The molecule has 2 aromatic carbocycles. The first-order chi connectivity index (χ1) is 12.3. The molecule has 0 bridgehead atoms. The Kier molecular flexibility index (Phi) is 4.86. The van der Waals surface area contributed by atoms with E-state index in [1.165, 1.54) is 25.3 Å². The first-order valence-corrected chi connectivity index (χ1v) is 9.56. The van der Waals surface area contributed by atoms with Crippen molar-refractivity contribution >= 4 is 27.3 Å². The largest absolute Gasteiger partial charge is 0.495 e. The maximum Gasteiger partial charge on any atom is 0.262 e. The van der Waals surface area contributed by atoms with Crippen molar-refractivity contribution in [3.8, 4) is 5.75 Å². The van der Waals surface area contributed by atoms with Crippen LogP contribution in [0.4, 0.5) is 15.8 Å². The molecule has 2 atom stereocenters. The maximum absolute atomic E-state index is 13.0. The van der Waals surface area contributed by atoms with E-state index in [9.17, 15) is 17.6 Å². The summed E-state index contributed by atoms with van der Waals surface area (Å²) in [5.74, 6) is 0.0465. The summed E-state index contributed by atoms with van der Waals surface area (Å²) in [7, 11) is -2.52. The fraction of sp³-hybridized carbons (Fsp3) is 0.278. The van der Waals surface area contributed by atoms with Crippen molar-refractivity contribution < 1.29 is 22.3 Å². The van der Waals surface area contributed by atoms with Gasteiger partial charge in [0.2, 0.25) is 5.91 Å². The third kappa shape index (κ3) is 3.96. The zero-order valence-corrected chi connectivity index (χ0v) is 15.1. The van der Waals surface area contributed by atoms with Gasteiger partial charge in [-0.3, -0.25) is 9.52 Å². The molecule has 2 unspecified atom stereocenters. The minimum absolute atomic E-state index is 0.00328. The lowest BCUT2D eigenvalue weighted by molar-refractivity contribution is -0.117. The Morgan fingerprint density at radius 2 is 1.85 bits per heavy atom. The third-order valence-corrected chi connectivity index (χ3v) is 5.66. The van der Waals surface area contributed by atoms with Gasteiger partial charge in [0.15, 0.2) is 0 Å². The number of amides is 1. The van der Waals surface area contributed by atoms with Gasteiger partial charge in [0.05, 0.1) is 17.7 Å². The molecule has 8 heteroatoms. The maximum atomic E-state index is 13.0. The van der Waals surface area contributed by atoms with E-state index >= 15 is 0 Å². The van der Waals surface area contributed by atoms with Crippen LogP contribution >= 0.6 is 0 Å². The predicted octanol–water partition coefficient (Wildman–Crippen LogP) is 3.23. The van der Waals surface area contributed by atoms with Crippen molar-refractivity contribution in [2.24, 2.45) is 11.8 Å². The van der Waals surface area contributed by atoms with Crippen molar-refractivity contribution in [3.05, 3.63) is 48.3 Å². The summed E-state index contributed by atoms with van der Waals surface area (Å²) >= 11 is 0. The molecule has 1 aliphatic carbocycles. The summed E-state index contributed by atoms with van der Waals surface area (Å²) in [5.41, 5.74) is 0.644. The summed E-state index contributed by atoms with van der Waals surface area (Å²) in [5, 5.41) is 2.78. The van der Waals surface area contributed by atoms with Gasteiger partial charge in [-0.2, -0.15) is 0 Å². The molecule has 0 spiro atoms. The third-order valence-electron chi connectivity index (χ3n) is 4.28. The van der Waals surface area contributed by atoms with Gasteiger partial charge in [0.25, 0.3) is 10.0 Å². The summed E-state index contributed by atoms with van der Waals surface area (Å²) < 4.78 is 45.6. The number of rotatable bonds is 6. The molecule has 1 saturated carbocycles. The topological polar surface area (TPSA) is 84.5 Å². The number of anilines is 2. The molecule has 1 amide bonds. The molecule has 2 N–H and O–H groups in total. The average molecular weight is 378 g/mol. The Balaban J connectivity index is 1.84. The number of nitrogens with one attached hydrogen (secondary N) is 2. The van der Waals surface area contributed by atoms with Gasteiger partial charge >= 0.3 is 0 Å². The summed E-state index contributed by atoms with van der Waals surface area (Å²) in [6.45, 7) is 2.00. The number of carbonyl (C=O) groups excluding carboxylic acids is 1. The molecule has 0 heterocycles. The lowest BCUT2D eigenvalue weighted by atomic mass is 10.2. The molecule has 6 nitrogen and oxygen atoms in total. The number of methoxy groups -OCH3 is 1. The summed E-state index contributed by atoms with van der Waals surface area (Å²) in [6, 6.07) is 9.17. The quantitative estimate of drug-likeness (QED) is 0.808. The van der Waals surface area contributed by atoms with Gasteiger partial charge < -0.3 is 10.1 Å². The fourth-order valence-electron chi connectivity index (χ4n) is 2.61. The molecule has 26 heavy (non-hydrogen) atoms. The second-order valence-corrected chi connectivity index (χ2v) is 7.97. The van der Waals surface area contributed by atoms with E-state index in [1.54, 1.807) is 12.1 Å². The van der Waals surface area contributed by atoms with Crippen molar-refractivity contribution in [1.29, 1.82) is 0 Å². The first-order valence-electron chi connectivity index (χ1n) is 8.07. The molecule has 0 radical (unpaired) electrons. The molecule has 0 aromatic heterocycles. The molecule has 0 aliphatic heterocycles. The van der Waals surface area contributed by atoms with Crippen LogP contribution in [0.3, 0.4) is 0 Å². The second-order valence-electron chi connectivity index (χ2n) is 6.28. The fourth-order valence-corrected chi connectivity index (χ4v) is 3.67. The van der Waals surface area contributed by atoms with Crippen molar-refractivity contribution in [1.82, 2.24) is 0 Å². The van der Waals surface area contributed by atoms with Crippen LogP contribution in [0.5, 0.6) is 5.75 Å². The van der Waals surface area contributed by atoms with E-state index in [0.717, 1.165) is 18.6 Å². The number of hydrogen-bond acceptors (Lipinski definition) is 4. The Labute approximate surface area is 151 Å². The lowest BCUT2D eigenvalue weighted by Crippen LogP contribution is -2.16. The van der Waals surface area contributed by atoms with E-state index in [2.05, 4.69) is 10.0 Å². The van der Waals surface area contributed by atoms with Crippen LogP contribution < -0.4 is 14.8 Å². The van der Waals surface area contributed by atoms with E-state index in [1.807, 2.05) is 6.92 Å². The molecule has 2 aromatic rings. The van der Waals surface area contributed by atoms with E-state index < -0.39 is 15.8 Å². The van der Waals surface area contributed by atoms with E-state index in [0.29, 0.717) is 17.4 Å². The second kappa shape index (κ2) is 6.95. The van der Waals surface area contributed by atoms with Crippen LogP contribution in [0, 0.1) is 17.7 Å². The van der Waals surface area contributed by atoms with E-state index in [-0.39, 0.29) is 22.4 Å². The van der Waals surface area contributed by atoms with Crippen molar-refractivity contribution in [3.63, 3.8) is 0 Å². The highest BCUT2D eigenvalue weighted by atomic mass is 32.2. The Bertz CT molecular complexity index is 929. The number of carbonyl (C=O) groups is 1. The SMILES string of the molecule is COc1ccc(NC(=O)C2CC2C)cc1NS(=O)(=O)c1ccc(F)cc1. The van der Waals surface area contributed by atoms with Gasteiger partial charge in [-0.15, -0.1) is 0 Å². The minimum Gasteiger partial charge on any atom is -0.495 e. The smallest absolute Gasteiger partial charge is 0.262 e. The molecule has 138 valence electrons. The van der Waals surface area contributed by atoms with Crippen LogP contribution in [0.1, 0.15) is 13.3 Å². The highest BCUT2D eigenvalue weighted by Crippen LogP contribution is 2.39. The summed E-state index contributed by atoms with van der Waals surface area (Å²) in [6.07, 6.45) is 0.853. The van der Waals surface area contributed by atoms with Crippen molar-refractivity contribution in [2.45, 2.75) is 18.2 Å². The van der Waals surface area contributed by atoms with Gasteiger partial charge in [-0.05, 0) is 54.8 Å². The summed E-state index contributed by atoms with van der Waals surface area (Å²) in [4.78, 5) is 12.0. The van der Waals surface area contributed by atoms with Crippen LogP contribution in [0.2, 0.25) is 0 Å². The monoisotopic (exact) mass is 378 g/mol. The molecular weight excluding hydrogens is 359 g/mol. The molecule has 3 rings (SSSR count). The Hall–Kier alpha value is -2.61. The molecule has 1 fully saturated rings. The van der Waals surface area contributed by atoms with Crippen LogP contribution in [-0.4, -0.2) is 21.4 Å². The Morgan fingerprint density at radius 1 is 1.19 bits per heavy atom. The molecule has 1 aliphatic rings. The molecule has 0 saturated heterocycles. The van der Waals surface area contributed by atoms with Gasteiger partial charge in [-0.1, -0.05) is 6.92 Å². The van der Waals surface area contributed by atoms with Gasteiger partial charge in [-0.25, -0.2) is 12.8 Å². The van der Waals surface area contributed by atoms with Crippen molar-refractivity contribution in [2.75, 3.05) is 17.1 Å². The average Bonchev–Trinajstić information content (AvgIpc) is 3.32. The normalized spacial score (nSPS) is 18.9. The Morgan fingerprint density at radius 3 is 2.42 bits per heavy atom. The number of sulfonamides is 1.